The van der Waals surface area contributed by atoms with Gasteiger partial charge >= 0.3 is 0 Å². The van der Waals surface area contributed by atoms with E-state index in [2.05, 4.69) is 9.55 Å². The molecule has 0 amide bonds. The summed E-state index contributed by atoms with van der Waals surface area (Å²) in [6, 6.07) is 9.95. The Morgan fingerprint density at radius 3 is 2.79 bits per heavy atom. The van der Waals surface area contributed by atoms with Crippen molar-refractivity contribution >= 4 is 22.5 Å². The lowest BCUT2D eigenvalue weighted by Crippen LogP contribution is -1.98. The van der Waals surface area contributed by atoms with E-state index in [0.29, 0.717) is 11.6 Å². The van der Waals surface area contributed by atoms with Crippen molar-refractivity contribution in [2.75, 3.05) is 0 Å². The predicted molar refractivity (Wildman–Crippen MR) is 76.2 cm³/mol. The zero-order valence-electron chi connectivity index (χ0n) is 10.3. The molecule has 0 aliphatic rings. The molecular formula is C15H13ClN2O. The number of aliphatic hydroxyl groups is 1. The third kappa shape index (κ3) is 2.23. The lowest BCUT2D eigenvalue weighted by atomic mass is 10.2. The minimum atomic E-state index is 0.0393. The number of para-hydroxylation sites is 1. The van der Waals surface area contributed by atoms with Gasteiger partial charge in [0, 0.05) is 41.6 Å². The van der Waals surface area contributed by atoms with Crippen LogP contribution in [0.1, 0.15) is 11.1 Å². The van der Waals surface area contributed by atoms with Crippen LogP contribution in [0.15, 0.2) is 48.9 Å². The first-order valence-electron chi connectivity index (χ1n) is 6.05. The van der Waals surface area contributed by atoms with Gasteiger partial charge in [-0.05, 0) is 17.7 Å². The van der Waals surface area contributed by atoms with Crippen molar-refractivity contribution < 1.29 is 5.11 Å². The van der Waals surface area contributed by atoms with Crippen LogP contribution in [0.2, 0.25) is 5.02 Å². The molecule has 96 valence electrons. The third-order valence-electron chi connectivity index (χ3n) is 3.24. The van der Waals surface area contributed by atoms with E-state index in [1.165, 1.54) is 0 Å². The van der Waals surface area contributed by atoms with Gasteiger partial charge in [0.1, 0.15) is 0 Å². The molecular weight excluding hydrogens is 260 g/mol. The Kier molecular flexibility index (Phi) is 3.23. The van der Waals surface area contributed by atoms with Crippen LogP contribution in [0.4, 0.5) is 0 Å². The number of nitrogens with zero attached hydrogens (tertiary/aromatic N) is 2. The summed E-state index contributed by atoms with van der Waals surface area (Å²) in [5.74, 6) is 0. The third-order valence-corrected chi connectivity index (χ3v) is 3.58. The van der Waals surface area contributed by atoms with Gasteiger partial charge in [-0.2, -0.15) is 0 Å². The number of fused-ring (bicyclic) bond motifs is 1. The lowest BCUT2D eigenvalue weighted by molar-refractivity contribution is 0.283. The van der Waals surface area contributed by atoms with Crippen molar-refractivity contribution in [2.24, 2.45) is 0 Å². The van der Waals surface area contributed by atoms with Gasteiger partial charge < -0.3 is 9.67 Å². The summed E-state index contributed by atoms with van der Waals surface area (Å²) in [6.07, 6.45) is 5.36. The molecule has 3 nitrogen and oxygen atoms in total. The maximum atomic E-state index is 9.42. The van der Waals surface area contributed by atoms with Crippen LogP contribution in [0.5, 0.6) is 0 Å². The van der Waals surface area contributed by atoms with Gasteiger partial charge in [0.25, 0.3) is 0 Å². The molecule has 2 aromatic heterocycles. The van der Waals surface area contributed by atoms with Gasteiger partial charge in [0.2, 0.25) is 0 Å². The second-order valence-corrected chi connectivity index (χ2v) is 4.83. The fraction of sp³-hybridized carbons (Fsp3) is 0.133. The summed E-state index contributed by atoms with van der Waals surface area (Å²) in [7, 11) is 0. The maximum Gasteiger partial charge on any atom is 0.0702 e. The van der Waals surface area contributed by atoms with Crippen molar-refractivity contribution in [3.8, 4) is 0 Å². The highest BCUT2D eigenvalue weighted by Crippen LogP contribution is 2.24. The molecule has 0 aliphatic heterocycles. The predicted octanol–water partition coefficient (Wildman–Crippen LogP) is 3.23. The minimum absolute atomic E-state index is 0.0393. The fourth-order valence-electron chi connectivity index (χ4n) is 2.30. The first-order valence-corrected chi connectivity index (χ1v) is 6.43. The van der Waals surface area contributed by atoms with Gasteiger partial charge in [0.05, 0.1) is 11.6 Å². The van der Waals surface area contributed by atoms with Crippen LogP contribution in [0.3, 0.4) is 0 Å². The molecule has 2 heterocycles. The normalized spacial score (nSPS) is 11.1. The summed E-state index contributed by atoms with van der Waals surface area (Å²) in [5.41, 5.74) is 3.04. The number of halogens is 1. The lowest BCUT2D eigenvalue weighted by Gasteiger charge is -2.06. The highest BCUT2D eigenvalue weighted by molar-refractivity contribution is 6.31. The standard InChI is InChI=1S/C15H13ClN2O/c16-14-7-17-6-5-11(14)8-18-9-12(10-19)13-3-1-2-4-15(13)18/h1-7,9,19H,8,10H2. The topological polar surface area (TPSA) is 38.0 Å². The second kappa shape index (κ2) is 5.03. The van der Waals surface area contributed by atoms with Gasteiger partial charge in [0.15, 0.2) is 0 Å². The number of rotatable bonds is 3. The van der Waals surface area contributed by atoms with Crippen LogP contribution in [-0.4, -0.2) is 14.7 Å². The number of pyridine rings is 1. The molecule has 0 bridgehead atoms. The van der Waals surface area contributed by atoms with Gasteiger partial charge in [-0.1, -0.05) is 29.8 Å². The van der Waals surface area contributed by atoms with Crippen molar-refractivity contribution in [3.05, 3.63) is 65.1 Å². The van der Waals surface area contributed by atoms with E-state index in [0.717, 1.165) is 22.0 Å². The minimum Gasteiger partial charge on any atom is -0.392 e. The van der Waals surface area contributed by atoms with E-state index in [4.69, 9.17) is 11.6 Å². The monoisotopic (exact) mass is 272 g/mol. The van der Waals surface area contributed by atoms with Crippen molar-refractivity contribution in [2.45, 2.75) is 13.2 Å². The van der Waals surface area contributed by atoms with E-state index in [9.17, 15) is 5.11 Å². The Hall–Kier alpha value is -1.84. The van der Waals surface area contributed by atoms with Gasteiger partial charge in [-0.3, -0.25) is 4.98 Å². The molecule has 0 saturated heterocycles. The molecule has 0 spiro atoms. The highest BCUT2D eigenvalue weighted by Gasteiger charge is 2.08. The summed E-state index contributed by atoms with van der Waals surface area (Å²) >= 11 is 6.14. The van der Waals surface area contributed by atoms with E-state index in [1.807, 2.05) is 36.5 Å². The molecule has 0 unspecified atom stereocenters. The number of hydrogen-bond acceptors (Lipinski definition) is 2. The van der Waals surface area contributed by atoms with E-state index in [-0.39, 0.29) is 6.61 Å². The maximum absolute atomic E-state index is 9.42. The van der Waals surface area contributed by atoms with Gasteiger partial charge in [-0.15, -0.1) is 0 Å². The molecule has 0 saturated carbocycles. The largest absolute Gasteiger partial charge is 0.392 e. The van der Waals surface area contributed by atoms with Gasteiger partial charge in [-0.25, -0.2) is 0 Å². The van der Waals surface area contributed by atoms with Crippen molar-refractivity contribution in [1.29, 1.82) is 0 Å². The van der Waals surface area contributed by atoms with Crippen LogP contribution < -0.4 is 0 Å². The molecule has 0 radical (unpaired) electrons. The molecule has 0 fully saturated rings. The zero-order chi connectivity index (χ0) is 13.2. The first kappa shape index (κ1) is 12.2. The molecule has 0 aliphatic carbocycles. The molecule has 0 atom stereocenters. The Bertz CT molecular complexity index is 721. The Morgan fingerprint density at radius 2 is 2.00 bits per heavy atom. The summed E-state index contributed by atoms with van der Waals surface area (Å²) in [6.45, 7) is 0.708. The van der Waals surface area contributed by atoms with Crippen LogP contribution >= 0.6 is 11.6 Å². The van der Waals surface area contributed by atoms with E-state index >= 15 is 0 Å². The van der Waals surface area contributed by atoms with Crippen molar-refractivity contribution in [1.82, 2.24) is 9.55 Å². The average Bonchev–Trinajstić information content (AvgIpc) is 2.80. The van der Waals surface area contributed by atoms with Crippen molar-refractivity contribution in [3.63, 3.8) is 0 Å². The number of aliphatic hydroxyl groups excluding tert-OH is 1. The molecule has 1 N–H and O–H groups in total. The van der Waals surface area contributed by atoms with E-state index < -0.39 is 0 Å². The number of benzene rings is 1. The Morgan fingerprint density at radius 1 is 1.16 bits per heavy atom. The molecule has 1 aromatic carbocycles. The SMILES string of the molecule is OCc1cn(Cc2ccncc2Cl)c2ccccc12. The molecule has 19 heavy (non-hydrogen) atoms. The number of hydrogen-bond donors (Lipinski definition) is 1. The summed E-state index contributed by atoms with van der Waals surface area (Å²) < 4.78 is 2.10. The molecule has 3 aromatic rings. The average molecular weight is 273 g/mol. The van der Waals surface area contributed by atoms with E-state index in [1.54, 1.807) is 12.4 Å². The molecule has 4 heteroatoms. The molecule has 3 rings (SSSR count). The van der Waals surface area contributed by atoms with Crippen LogP contribution in [0, 0.1) is 0 Å². The summed E-state index contributed by atoms with van der Waals surface area (Å²) in [5, 5.41) is 11.2. The Balaban J connectivity index is 2.09. The summed E-state index contributed by atoms with van der Waals surface area (Å²) in [4.78, 5) is 3.99. The van der Waals surface area contributed by atoms with Crippen LogP contribution in [-0.2, 0) is 13.2 Å². The highest BCUT2D eigenvalue weighted by atomic mass is 35.5. The fourth-order valence-corrected chi connectivity index (χ4v) is 2.47. The van der Waals surface area contributed by atoms with Crippen LogP contribution in [0.25, 0.3) is 10.9 Å². The second-order valence-electron chi connectivity index (χ2n) is 4.42. The Labute approximate surface area is 116 Å². The zero-order valence-corrected chi connectivity index (χ0v) is 11.0. The number of aromatic nitrogens is 2. The first-order chi connectivity index (χ1) is 9.29. The smallest absolute Gasteiger partial charge is 0.0702 e. The quantitative estimate of drug-likeness (QED) is 0.795.